The van der Waals surface area contributed by atoms with Crippen LogP contribution in [-0.4, -0.2) is 24.4 Å². The van der Waals surface area contributed by atoms with E-state index in [0.717, 1.165) is 12.8 Å². The molecule has 1 aliphatic rings. The van der Waals surface area contributed by atoms with Gasteiger partial charge < -0.3 is 14.6 Å². The lowest BCUT2D eigenvalue weighted by Gasteiger charge is -2.16. The smallest absolute Gasteiger partial charge is 0.162 e. The Labute approximate surface area is 100 Å². The Morgan fingerprint density at radius 3 is 2.76 bits per heavy atom. The third kappa shape index (κ3) is 2.69. The monoisotopic (exact) mass is 233 g/mol. The van der Waals surface area contributed by atoms with E-state index >= 15 is 0 Å². The molecule has 1 aromatic carbocycles. The van der Waals surface area contributed by atoms with Gasteiger partial charge in [0.15, 0.2) is 11.5 Å². The highest BCUT2D eigenvalue weighted by molar-refractivity contribution is 5.46. The van der Waals surface area contributed by atoms with Crippen LogP contribution < -0.4 is 9.47 Å². The molecule has 1 saturated carbocycles. The molecule has 0 heterocycles. The van der Waals surface area contributed by atoms with Crippen LogP contribution in [0.15, 0.2) is 18.2 Å². The van der Waals surface area contributed by atoms with Gasteiger partial charge in [0.1, 0.15) is 6.10 Å². The Balaban J connectivity index is 2.16. The normalized spacial score (nSPS) is 23.1. The standard InChI is InChI=1S/C13H15NO3/c1-16-12-5-2-9(8-14)6-13(12)17-11-4-3-10(15)7-11/h2,5-6,10-11,15H,3-4,7H2,1H3. The van der Waals surface area contributed by atoms with Crippen molar-refractivity contribution in [1.29, 1.82) is 5.26 Å². The molecule has 0 spiro atoms. The minimum absolute atomic E-state index is 0.00726. The van der Waals surface area contributed by atoms with Crippen molar-refractivity contribution in [3.05, 3.63) is 23.8 Å². The van der Waals surface area contributed by atoms with Crippen LogP contribution in [0.2, 0.25) is 0 Å². The van der Waals surface area contributed by atoms with E-state index in [1.54, 1.807) is 25.3 Å². The van der Waals surface area contributed by atoms with E-state index in [2.05, 4.69) is 6.07 Å². The van der Waals surface area contributed by atoms with Crippen molar-refractivity contribution in [3.63, 3.8) is 0 Å². The first-order chi connectivity index (χ1) is 8.22. The molecule has 0 aromatic heterocycles. The van der Waals surface area contributed by atoms with Crippen molar-refractivity contribution in [3.8, 4) is 17.6 Å². The fourth-order valence-corrected chi connectivity index (χ4v) is 2.04. The molecule has 4 heteroatoms. The average Bonchev–Trinajstić information content (AvgIpc) is 2.74. The van der Waals surface area contributed by atoms with Gasteiger partial charge in [-0.05, 0) is 25.0 Å². The van der Waals surface area contributed by atoms with Crippen LogP contribution in [0.5, 0.6) is 11.5 Å². The van der Waals surface area contributed by atoms with E-state index in [1.807, 2.05) is 0 Å². The van der Waals surface area contributed by atoms with Crippen LogP contribution in [0.25, 0.3) is 0 Å². The summed E-state index contributed by atoms with van der Waals surface area (Å²) >= 11 is 0. The maximum Gasteiger partial charge on any atom is 0.162 e. The van der Waals surface area contributed by atoms with Crippen LogP contribution in [0, 0.1) is 11.3 Å². The van der Waals surface area contributed by atoms with Gasteiger partial charge in [-0.15, -0.1) is 0 Å². The van der Waals surface area contributed by atoms with E-state index in [9.17, 15) is 5.11 Å². The zero-order valence-corrected chi connectivity index (χ0v) is 9.72. The van der Waals surface area contributed by atoms with Crippen molar-refractivity contribution in [2.45, 2.75) is 31.5 Å². The van der Waals surface area contributed by atoms with Crippen LogP contribution in [-0.2, 0) is 0 Å². The number of aliphatic hydroxyl groups excluding tert-OH is 1. The highest BCUT2D eigenvalue weighted by Crippen LogP contribution is 2.32. The van der Waals surface area contributed by atoms with Gasteiger partial charge in [0.25, 0.3) is 0 Å². The molecule has 4 nitrogen and oxygen atoms in total. The summed E-state index contributed by atoms with van der Waals surface area (Å²) in [5, 5.41) is 18.3. The largest absolute Gasteiger partial charge is 0.493 e. The molecule has 1 N–H and O–H groups in total. The van der Waals surface area contributed by atoms with Gasteiger partial charge in [-0.2, -0.15) is 5.26 Å². The Bertz CT molecular complexity index is 439. The molecule has 0 radical (unpaired) electrons. The third-order valence-corrected chi connectivity index (χ3v) is 2.94. The van der Waals surface area contributed by atoms with Crippen LogP contribution >= 0.6 is 0 Å². The van der Waals surface area contributed by atoms with Gasteiger partial charge in [0, 0.05) is 12.5 Å². The Hall–Kier alpha value is -1.73. The summed E-state index contributed by atoms with van der Waals surface area (Å²) in [5.74, 6) is 1.19. The number of benzene rings is 1. The maximum atomic E-state index is 9.44. The lowest BCUT2D eigenvalue weighted by atomic mass is 10.2. The first-order valence-corrected chi connectivity index (χ1v) is 5.66. The minimum Gasteiger partial charge on any atom is -0.493 e. The fraction of sp³-hybridized carbons (Fsp3) is 0.462. The van der Waals surface area contributed by atoms with Crippen molar-refractivity contribution in [2.75, 3.05) is 7.11 Å². The van der Waals surface area contributed by atoms with Gasteiger partial charge >= 0.3 is 0 Å². The summed E-state index contributed by atoms with van der Waals surface area (Å²) in [4.78, 5) is 0. The number of rotatable bonds is 3. The maximum absolute atomic E-state index is 9.44. The van der Waals surface area contributed by atoms with E-state index in [-0.39, 0.29) is 12.2 Å². The number of nitriles is 1. The van der Waals surface area contributed by atoms with Gasteiger partial charge in [-0.3, -0.25) is 0 Å². The number of methoxy groups -OCH3 is 1. The molecule has 17 heavy (non-hydrogen) atoms. The first-order valence-electron chi connectivity index (χ1n) is 5.66. The summed E-state index contributed by atoms with van der Waals surface area (Å²) in [6.07, 6.45) is 1.98. The molecule has 0 saturated heterocycles. The molecule has 2 unspecified atom stereocenters. The lowest BCUT2D eigenvalue weighted by molar-refractivity contribution is 0.147. The second kappa shape index (κ2) is 5.07. The highest BCUT2D eigenvalue weighted by atomic mass is 16.5. The Kier molecular flexibility index (Phi) is 3.50. The zero-order chi connectivity index (χ0) is 12.3. The average molecular weight is 233 g/mol. The van der Waals surface area contributed by atoms with Crippen LogP contribution in [0.4, 0.5) is 0 Å². The molecular formula is C13H15NO3. The van der Waals surface area contributed by atoms with E-state index in [1.165, 1.54) is 0 Å². The minimum atomic E-state index is -0.273. The molecule has 0 bridgehead atoms. The van der Waals surface area contributed by atoms with E-state index < -0.39 is 0 Å². The summed E-state index contributed by atoms with van der Waals surface area (Å²) in [5.41, 5.74) is 0.541. The number of hydrogen-bond donors (Lipinski definition) is 1. The van der Waals surface area contributed by atoms with Gasteiger partial charge in [-0.25, -0.2) is 0 Å². The lowest BCUT2D eigenvalue weighted by Crippen LogP contribution is -2.14. The summed E-state index contributed by atoms with van der Waals surface area (Å²) in [7, 11) is 1.57. The van der Waals surface area contributed by atoms with Crippen molar-refractivity contribution in [2.24, 2.45) is 0 Å². The van der Waals surface area contributed by atoms with Crippen LogP contribution in [0.1, 0.15) is 24.8 Å². The molecule has 2 atom stereocenters. The second-order valence-corrected chi connectivity index (χ2v) is 4.18. The highest BCUT2D eigenvalue weighted by Gasteiger charge is 2.25. The topological polar surface area (TPSA) is 62.5 Å². The molecular weight excluding hydrogens is 218 g/mol. The predicted octanol–water partition coefficient (Wildman–Crippen LogP) is 1.86. The summed E-state index contributed by atoms with van der Waals surface area (Å²) < 4.78 is 11.0. The quantitative estimate of drug-likeness (QED) is 0.865. The van der Waals surface area contributed by atoms with E-state index in [0.29, 0.717) is 23.5 Å². The van der Waals surface area contributed by atoms with Crippen molar-refractivity contribution in [1.82, 2.24) is 0 Å². The fourth-order valence-electron chi connectivity index (χ4n) is 2.04. The molecule has 1 fully saturated rings. The summed E-state index contributed by atoms with van der Waals surface area (Å²) in [6, 6.07) is 7.15. The summed E-state index contributed by atoms with van der Waals surface area (Å²) in [6.45, 7) is 0. The number of nitrogens with zero attached hydrogens (tertiary/aromatic N) is 1. The Morgan fingerprint density at radius 1 is 1.35 bits per heavy atom. The van der Waals surface area contributed by atoms with Crippen LogP contribution in [0.3, 0.4) is 0 Å². The number of hydrogen-bond acceptors (Lipinski definition) is 4. The molecule has 1 aromatic rings. The number of ether oxygens (including phenoxy) is 2. The second-order valence-electron chi connectivity index (χ2n) is 4.18. The number of aliphatic hydroxyl groups is 1. The van der Waals surface area contributed by atoms with Gasteiger partial charge in [0.05, 0.1) is 24.8 Å². The van der Waals surface area contributed by atoms with Crippen molar-refractivity contribution >= 4 is 0 Å². The molecule has 0 aliphatic heterocycles. The van der Waals surface area contributed by atoms with Crippen molar-refractivity contribution < 1.29 is 14.6 Å². The molecule has 2 rings (SSSR count). The van der Waals surface area contributed by atoms with E-state index in [4.69, 9.17) is 14.7 Å². The molecule has 90 valence electrons. The predicted molar refractivity (Wildman–Crippen MR) is 62.0 cm³/mol. The zero-order valence-electron chi connectivity index (χ0n) is 9.72. The first kappa shape index (κ1) is 11.7. The van der Waals surface area contributed by atoms with Gasteiger partial charge in [-0.1, -0.05) is 0 Å². The van der Waals surface area contributed by atoms with Gasteiger partial charge in [0.2, 0.25) is 0 Å². The molecule has 1 aliphatic carbocycles. The Morgan fingerprint density at radius 2 is 2.18 bits per heavy atom. The molecule has 0 amide bonds. The third-order valence-electron chi connectivity index (χ3n) is 2.94. The SMILES string of the molecule is COc1ccc(C#N)cc1OC1CCC(O)C1.